The van der Waals surface area contributed by atoms with Gasteiger partial charge in [0.15, 0.2) is 0 Å². The number of ether oxygens (including phenoxy) is 2. The van der Waals surface area contributed by atoms with Crippen LogP contribution < -0.4 is 0 Å². The van der Waals surface area contributed by atoms with E-state index in [9.17, 15) is 14.4 Å². The maximum absolute atomic E-state index is 11.1. The van der Waals surface area contributed by atoms with Gasteiger partial charge in [0, 0.05) is 0 Å². The van der Waals surface area contributed by atoms with Crippen LogP contribution in [0.4, 0.5) is 4.79 Å². The Labute approximate surface area is 97.6 Å². The lowest BCUT2D eigenvalue weighted by molar-refractivity contribution is -0.139. The number of hydrogen-bond acceptors (Lipinski definition) is 5. The second-order valence-corrected chi connectivity index (χ2v) is 3.29. The molecule has 0 aliphatic heterocycles. The molecule has 0 aliphatic rings. The van der Waals surface area contributed by atoms with Gasteiger partial charge in [0.1, 0.15) is 0 Å². The molecule has 0 bridgehead atoms. The Balaban J connectivity index is 5.06. The summed E-state index contributed by atoms with van der Waals surface area (Å²) in [4.78, 5) is 32.6. The Bertz CT molecular complexity index is 354. The summed E-state index contributed by atoms with van der Waals surface area (Å²) >= 11 is 0. The molecule has 0 amide bonds. The van der Waals surface area contributed by atoms with Crippen LogP contribution in [0.1, 0.15) is 27.2 Å². The highest BCUT2D eigenvalue weighted by Gasteiger charge is 2.24. The predicted octanol–water partition coefficient (Wildman–Crippen LogP) is 1.38. The van der Waals surface area contributed by atoms with Gasteiger partial charge < -0.3 is 19.7 Å². The summed E-state index contributed by atoms with van der Waals surface area (Å²) in [6.07, 6.45) is -1.83. The van der Waals surface area contributed by atoms with Crippen molar-refractivity contribution in [1.29, 1.82) is 0 Å². The molecule has 0 saturated carbocycles. The lowest BCUT2D eigenvalue weighted by Crippen LogP contribution is -2.19. The Morgan fingerprint density at radius 2 is 1.65 bits per heavy atom. The zero-order valence-corrected chi connectivity index (χ0v) is 9.72. The van der Waals surface area contributed by atoms with Gasteiger partial charge >= 0.3 is 18.1 Å². The molecule has 0 saturated heterocycles. The van der Waals surface area contributed by atoms with Crippen LogP contribution in [-0.4, -0.2) is 34.4 Å². The molecule has 0 atom stereocenters. The highest BCUT2D eigenvalue weighted by Crippen LogP contribution is 2.12. The molecule has 0 aromatic carbocycles. The van der Waals surface area contributed by atoms with Gasteiger partial charge in [-0.3, -0.25) is 0 Å². The summed E-state index contributed by atoms with van der Waals surface area (Å²) in [7, 11) is 0. The standard InChI is InChI=1S/C10H14O7/c1-4-6(8(11)12)7(9(13)14)17-10(15)16-5(2)3/h5H,4H2,1-3H3,(H,11,12)(H,13,14)/b7-6+. The van der Waals surface area contributed by atoms with Crippen LogP contribution in [-0.2, 0) is 19.1 Å². The highest BCUT2D eigenvalue weighted by molar-refractivity contribution is 5.98. The van der Waals surface area contributed by atoms with E-state index in [4.69, 9.17) is 10.2 Å². The van der Waals surface area contributed by atoms with Crippen molar-refractivity contribution in [2.24, 2.45) is 0 Å². The van der Waals surface area contributed by atoms with Crippen LogP contribution in [0, 0.1) is 0 Å². The van der Waals surface area contributed by atoms with Crippen LogP contribution >= 0.6 is 0 Å². The van der Waals surface area contributed by atoms with Crippen molar-refractivity contribution in [3.8, 4) is 0 Å². The maximum atomic E-state index is 11.1. The lowest BCUT2D eigenvalue weighted by Gasteiger charge is -2.10. The molecule has 2 N–H and O–H groups in total. The number of carboxylic acid groups (broad SMARTS) is 2. The fourth-order valence-electron chi connectivity index (χ4n) is 0.943. The molecule has 7 heteroatoms. The third-order valence-corrected chi connectivity index (χ3v) is 1.60. The van der Waals surface area contributed by atoms with E-state index in [1.165, 1.54) is 6.92 Å². The first-order valence-corrected chi connectivity index (χ1v) is 4.87. The predicted molar refractivity (Wildman–Crippen MR) is 55.3 cm³/mol. The molecule has 0 unspecified atom stereocenters. The third-order valence-electron chi connectivity index (χ3n) is 1.60. The number of carbonyl (C=O) groups is 3. The monoisotopic (exact) mass is 246 g/mol. The van der Waals surface area contributed by atoms with Crippen molar-refractivity contribution in [2.45, 2.75) is 33.3 Å². The minimum Gasteiger partial charge on any atom is -0.478 e. The van der Waals surface area contributed by atoms with Crippen LogP contribution in [0.2, 0.25) is 0 Å². The number of carbonyl (C=O) groups excluding carboxylic acids is 1. The van der Waals surface area contributed by atoms with Gasteiger partial charge in [-0.05, 0) is 20.3 Å². The topological polar surface area (TPSA) is 110 Å². The average molecular weight is 246 g/mol. The molecule has 0 heterocycles. The molecule has 0 fully saturated rings. The fraction of sp³-hybridized carbons (Fsp3) is 0.500. The van der Waals surface area contributed by atoms with Crippen molar-refractivity contribution in [3.05, 3.63) is 11.3 Å². The van der Waals surface area contributed by atoms with Crippen LogP contribution in [0.15, 0.2) is 11.3 Å². The van der Waals surface area contributed by atoms with Crippen molar-refractivity contribution < 1.29 is 34.1 Å². The Hall–Kier alpha value is -2.05. The highest BCUT2D eigenvalue weighted by atomic mass is 16.7. The second kappa shape index (κ2) is 6.51. The van der Waals surface area contributed by atoms with Crippen molar-refractivity contribution in [2.75, 3.05) is 0 Å². The van der Waals surface area contributed by atoms with Gasteiger partial charge in [-0.1, -0.05) is 6.92 Å². The number of hydrogen-bond donors (Lipinski definition) is 2. The third kappa shape index (κ3) is 5.01. The second-order valence-electron chi connectivity index (χ2n) is 3.29. The van der Waals surface area contributed by atoms with Gasteiger partial charge in [0.2, 0.25) is 5.76 Å². The van der Waals surface area contributed by atoms with E-state index in [-0.39, 0.29) is 6.42 Å². The summed E-state index contributed by atoms with van der Waals surface area (Å²) in [5.74, 6) is -4.02. The molecule has 7 nitrogen and oxygen atoms in total. The van der Waals surface area contributed by atoms with Crippen LogP contribution in [0.25, 0.3) is 0 Å². The SMILES string of the molecule is CC/C(C(=O)O)=C(\OC(=O)OC(C)C)C(=O)O. The summed E-state index contributed by atoms with van der Waals surface area (Å²) in [6, 6.07) is 0. The van der Waals surface area contributed by atoms with Crippen LogP contribution in [0.5, 0.6) is 0 Å². The average Bonchev–Trinajstić information content (AvgIpc) is 2.15. The van der Waals surface area contributed by atoms with E-state index >= 15 is 0 Å². The first-order valence-electron chi connectivity index (χ1n) is 4.87. The Kier molecular flexibility index (Phi) is 5.73. The largest absolute Gasteiger partial charge is 0.514 e. The van der Waals surface area contributed by atoms with Gasteiger partial charge in [-0.25, -0.2) is 14.4 Å². The molecular formula is C10H14O7. The lowest BCUT2D eigenvalue weighted by atomic mass is 10.2. The van der Waals surface area contributed by atoms with E-state index < -0.39 is 35.5 Å². The first-order chi connectivity index (χ1) is 7.79. The van der Waals surface area contributed by atoms with E-state index in [0.717, 1.165) is 0 Å². The summed E-state index contributed by atoms with van der Waals surface area (Å²) < 4.78 is 8.93. The molecule has 0 aromatic heterocycles. The molecular weight excluding hydrogens is 232 g/mol. The van der Waals surface area contributed by atoms with Gasteiger partial charge in [-0.15, -0.1) is 0 Å². The van der Waals surface area contributed by atoms with Gasteiger partial charge in [0.05, 0.1) is 11.7 Å². The quantitative estimate of drug-likeness (QED) is 0.428. The van der Waals surface area contributed by atoms with Crippen LogP contribution in [0.3, 0.4) is 0 Å². The number of carboxylic acids is 2. The Morgan fingerprint density at radius 1 is 1.12 bits per heavy atom. The molecule has 0 rings (SSSR count). The minimum absolute atomic E-state index is 0.0913. The molecule has 96 valence electrons. The van der Waals surface area contributed by atoms with E-state index in [1.54, 1.807) is 13.8 Å². The molecule has 0 aliphatic carbocycles. The van der Waals surface area contributed by atoms with Crippen molar-refractivity contribution in [3.63, 3.8) is 0 Å². The fourth-order valence-corrected chi connectivity index (χ4v) is 0.943. The summed E-state index contributed by atoms with van der Waals surface area (Å²) in [6.45, 7) is 4.52. The normalized spacial score (nSPS) is 11.8. The molecule has 0 aromatic rings. The van der Waals surface area contributed by atoms with Crippen molar-refractivity contribution in [1.82, 2.24) is 0 Å². The molecule has 17 heavy (non-hydrogen) atoms. The summed E-state index contributed by atoms with van der Waals surface area (Å²) in [5.41, 5.74) is -0.502. The number of aliphatic carboxylic acids is 2. The summed E-state index contributed by atoms with van der Waals surface area (Å²) in [5, 5.41) is 17.5. The zero-order chi connectivity index (χ0) is 13.6. The number of rotatable bonds is 5. The first kappa shape index (κ1) is 14.9. The molecule has 0 spiro atoms. The maximum Gasteiger partial charge on any atom is 0.514 e. The smallest absolute Gasteiger partial charge is 0.478 e. The van der Waals surface area contributed by atoms with E-state index in [2.05, 4.69) is 9.47 Å². The molecule has 0 radical (unpaired) electrons. The van der Waals surface area contributed by atoms with Gasteiger partial charge in [-0.2, -0.15) is 0 Å². The van der Waals surface area contributed by atoms with Gasteiger partial charge in [0.25, 0.3) is 0 Å². The zero-order valence-electron chi connectivity index (χ0n) is 9.72. The minimum atomic E-state index is -1.63. The van der Waals surface area contributed by atoms with E-state index in [1.807, 2.05) is 0 Å². The van der Waals surface area contributed by atoms with E-state index in [0.29, 0.717) is 0 Å². The Morgan fingerprint density at radius 3 is 1.94 bits per heavy atom. The van der Waals surface area contributed by atoms with Crippen molar-refractivity contribution >= 4 is 18.1 Å².